The first kappa shape index (κ1) is 24.5. The van der Waals surface area contributed by atoms with Gasteiger partial charge in [-0.3, -0.25) is 4.79 Å². The van der Waals surface area contributed by atoms with Crippen LogP contribution in [0.2, 0.25) is 0 Å². The zero-order valence-electron chi connectivity index (χ0n) is 18.6. The Labute approximate surface area is 197 Å². The second-order valence-electron chi connectivity index (χ2n) is 8.16. The Morgan fingerprint density at radius 2 is 1.86 bits per heavy atom. The summed E-state index contributed by atoms with van der Waals surface area (Å²) in [6.45, 7) is 4.68. The molecule has 0 saturated carbocycles. The van der Waals surface area contributed by atoms with Gasteiger partial charge in [0.1, 0.15) is 6.26 Å². The Morgan fingerprint density at radius 3 is 2.51 bits per heavy atom. The fourth-order valence-corrected chi connectivity index (χ4v) is 4.01. The van der Waals surface area contributed by atoms with Gasteiger partial charge in [0.25, 0.3) is 5.91 Å². The van der Waals surface area contributed by atoms with Gasteiger partial charge in [0.2, 0.25) is 0 Å². The van der Waals surface area contributed by atoms with Crippen molar-refractivity contribution in [3.05, 3.63) is 48.3 Å². The number of anilines is 1. The maximum Gasteiger partial charge on any atom is 0.490 e. The highest BCUT2D eigenvalue weighted by atomic mass is 19.4. The lowest BCUT2D eigenvalue weighted by molar-refractivity contribution is -0.192. The standard InChI is InChI=1S/C20H23N5O3.C2HF3O2/c26-20(16-5-9-28-14-16)24-6-1-2-15(12-24)19-21-18-4-3-17(13-25(18)22-19)23-7-10-27-11-8-23;3-2(4,5)1(6)7/h3-5,9,13-15H,1-2,6-8,10-12H2;(H,6,7). The van der Waals surface area contributed by atoms with Crippen LogP contribution >= 0.6 is 0 Å². The maximum absolute atomic E-state index is 12.6. The van der Waals surface area contributed by atoms with E-state index in [9.17, 15) is 18.0 Å². The van der Waals surface area contributed by atoms with Crippen LogP contribution in [0.3, 0.4) is 0 Å². The van der Waals surface area contributed by atoms with Gasteiger partial charge < -0.3 is 24.1 Å². The summed E-state index contributed by atoms with van der Waals surface area (Å²) in [5.41, 5.74) is 2.57. The molecule has 1 amide bonds. The molecule has 3 aromatic heterocycles. The maximum atomic E-state index is 12.6. The van der Waals surface area contributed by atoms with Crippen molar-refractivity contribution in [1.82, 2.24) is 19.5 Å². The third-order valence-corrected chi connectivity index (χ3v) is 5.79. The van der Waals surface area contributed by atoms with E-state index in [0.29, 0.717) is 12.1 Å². The number of piperidine rings is 1. The lowest BCUT2D eigenvalue weighted by Gasteiger charge is -2.31. The van der Waals surface area contributed by atoms with Crippen LogP contribution in [-0.4, -0.2) is 82.1 Å². The van der Waals surface area contributed by atoms with E-state index in [1.54, 1.807) is 6.07 Å². The molecule has 5 rings (SSSR count). The number of rotatable bonds is 3. The summed E-state index contributed by atoms with van der Waals surface area (Å²) in [5, 5.41) is 11.9. The molecule has 188 valence electrons. The molecule has 0 spiro atoms. The summed E-state index contributed by atoms with van der Waals surface area (Å²) in [4.78, 5) is 30.4. The van der Waals surface area contributed by atoms with Gasteiger partial charge in [-0.25, -0.2) is 14.3 Å². The average molecular weight is 495 g/mol. The van der Waals surface area contributed by atoms with Crippen molar-refractivity contribution in [3.63, 3.8) is 0 Å². The zero-order chi connectivity index (χ0) is 25.0. The van der Waals surface area contributed by atoms with Crippen molar-refractivity contribution in [2.24, 2.45) is 0 Å². The highest BCUT2D eigenvalue weighted by molar-refractivity contribution is 5.93. The van der Waals surface area contributed by atoms with Crippen molar-refractivity contribution in [3.8, 4) is 0 Å². The lowest BCUT2D eigenvalue weighted by atomic mass is 9.97. The molecule has 1 unspecified atom stereocenters. The Bertz CT molecular complexity index is 1160. The van der Waals surface area contributed by atoms with E-state index in [-0.39, 0.29) is 11.8 Å². The number of carbonyl (C=O) groups is 2. The normalized spacial score (nSPS) is 18.8. The number of morpholine rings is 1. The molecule has 2 aliphatic rings. The number of likely N-dealkylation sites (tertiary alicyclic amines) is 1. The number of ether oxygens (including phenoxy) is 1. The summed E-state index contributed by atoms with van der Waals surface area (Å²) in [5.74, 6) is -1.79. The second-order valence-corrected chi connectivity index (χ2v) is 8.16. The van der Waals surface area contributed by atoms with E-state index in [2.05, 4.69) is 11.0 Å². The van der Waals surface area contributed by atoms with Crippen molar-refractivity contribution in [1.29, 1.82) is 0 Å². The quantitative estimate of drug-likeness (QED) is 0.590. The number of pyridine rings is 1. The minimum Gasteiger partial charge on any atom is -0.475 e. The third kappa shape index (κ3) is 5.91. The van der Waals surface area contributed by atoms with Gasteiger partial charge in [-0.1, -0.05) is 0 Å². The largest absolute Gasteiger partial charge is 0.490 e. The molecule has 2 fully saturated rings. The van der Waals surface area contributed by atoms with E-state index in [1.807, 2.05) is 21.7 Å². The number of aliphatic carboxylic acids is 1. The number of nitrogens with zero attached hydrogens (tertiary/aromatic N) is 5. The molecule has 2 aliphatic heterocycles. The van der Waals surface area contributed by atoms with E-state index < -0.39 is 12.1 Å². The van der Waals surface area contributed by atoms with Gasteiger partial charge in [0, 0.05) is 32.1 Å². The van der Waals surface area contributed by atoms with Crippen LogP contribution in [0, 0.1) is 0 Å². The Balaban J connectivity index is 0.000000364. The van der Waals surface area contributed by atoms with Gasteiger partial charge in [-0.2, -0.15) is 18.3 Å². The number of carbonyl (C=O) groups excluding carboxylic acids is 1. The van der Waals surface area contributed by atoms with Crippen LogP contribution in [0.5, 0.6) is 0 Å². The predicted molar refractivity (Wildman–Crippen MR) is 116 cm³/mol. The number of fused-ring (bicyclic) bond motifs is 1. The van der Waals surface area contributed by atoms with Crippen molar-refractivity contribution >= 4 is 23.2 Å². The topological polar surface area (TPSA) is 113 Å². The number of halogens is 3. The molecule has 0 aromatic carbocycles. The summed E-state index contributed by atoms with van der Waals surface area (Å²) in [7, 11) is 0. The molecule has 13 heteroatoms. The molecule has 2 saturated heterocycles. The first-order chi connectivity index (χ1) is 16.7. The van der Waals surface area contributed by atoms with Crippen molar-refractivity contribution < 1.29 is 37.0 Å². The summed E-state index contributed by atoms with van der Waals surface area (Å²) < 4.78 is 44.1. The smallest absolute Gasteiger partial charge is 0.475 e. The number of furan rings is 1. The Kier molecular flexibility index (Phi) is 7.24. The highest BCUT2D eigenvalue weighted by Crippen LogP contribution is 2.27. The van der Waals surface area contributed by atoms with Gasteiger partial charge >= 0.3 is 12.1 Å². The summed E-state index contributed by atoms with van der Waals surface area (Å²) >= 11 is 0. The zero-order valence-corrected chi connectivity index (χ0v) is 18.6. The molecular weight excluding hydrogens is 471 g/mol. The number of alkyl halides is 3. The van der Waals surface area contributed by atoms with Crippen LogP contribution < -0.4 is 4.90 Å². The van der Waals surface area contributed by atoms with Crippen LogP contribution in [0.15, 0.2) is 41.3 Å². The fourth-order valence-electron chi connectivity index (χ4n) is 4.01. The predicted octanol–water partition coefficient (Wildman–Crippen LogP) is 2.81. The summed E-state index contributed by atoms with van der Waals surface area (Å²) in [6.07, 6.45) is 1.92. The van der Waals surface area contributed by atoms with Gasteiger partial charge in [-0.05, 0) is 31.0 Å². The second kappa shape index (κ2) is 10.3. The van der Waals surface area contributed by atoms with E-state index in [1.165, 1.54) is 12.5 Å². The molecular formula is C22H24F3N5O5. The van der Waals surface area contributed by atoms with Crippen molar-refractivity contribution in [2.45, 2.75) is 24.9 Å². The lowest BCUT2D eigenvalue weighted by Crippen LogP contribution is -2.39. The summed E-state index contributed by atoms with van der Waals surface area (Å²) in [6, 6.07) is 5.81. The van der Waals surface area contributed by atoms with Gasteiger partial charge in [-0.15, -0.1) is 0 Å². The van der Waals surface area contributed by atoms with Crippen LogP contribution in [-0.2, 0) is 9.53 Å². The number of hydrogen-bond acceptors (Lipinski definition) is 7. The number of amides is 1. The van der Waals surface area contributed by atoms with E-state index >= 15 is 0 Å². The SMILES string of the molecule is O=C(O)C(F)(F)F.O=C(c1ccoc1)N1CCCC(c2nc3ccc(N4CCOCC4)cn3n2)C1. The number of carboxylic acid groups (broad SMARTS) is 1. The molecule has 0 aliphatic carbocycles. The van der Waals surface area contributed by atoms with E-state index in [4.69, 9.17) is 29.1 Å². The van der Waals surface area contributed by atoms with Crippen LogP contribution in [0.1, 0.15) is 34.9 Å². The molecule has 10 nitrogen and oxygen atoms in total. The van der Waals surface area contributed by atoms with E-state index in [0.717, 1.165) is 62.8 Å². The molecule has 1 atom stereocenters. The van der Waals surface area contributed by atoms with Gasteiger partial charge in [0.15, 0.2) is 11.5 Å². The minimum absolute atomic E-state index is 0.0109. The van der Waals surface area contributed by atoms with Crippen LogP contribution in [0.4, 0.5) is 18.9 Å². The highest BCUT2D eigenvalue weighted by Gasteiger charge is 2.38. The molecule has 35 heavy (non-hydrogen) atoms. The Hall–Kier alpha value is -3.61. The van der Waals surface area contributed by atoms with Crippen LogP contribution in [0.25, 0.3) is 5.65 Å². The molecule has 1 N–H and O–H groups in total. The van der Waals surface area contributed by atoms with Crippen molar-refractivity contribution in [2.75, 3.05) is 44.3 Å². The molecule has 3 aromatic rings. The monoisotopic (exact) mass is 495 g/mol. The number of hydrogen-bond donors (Lipinski definition) is 1. The molecule has 5 heterocycles. The minimum atomic E-state index is -5.08. The molecule has 0 radical (unpaired) electrons. The first-order valence-corrected chi connectivity index (χ1v) is 11.0. The van der Waals surface area contributed by atoms with Gasteiger partial charge in [0.05, 0.1) is 36.9 Å². The average Bonchev–Trinajstić information content (AvgIpc) is 3.54. The third-order valence-electron chi connectivity index (χ3n) is 5.79. The number of carboxylic acids is 1. The number of aromatic nitrogens is 3. The first-order valence-electron chi connectivity index (χ1n) is 11.0. The fraction of sp³-hybridized carbons (Fsp3) is 0.455. The molecule has 0 bridgehead atoms. The Morgan fingerprint density at radius 1 is 1.11 bits per heavy atom.